The number of amides is 1. The van der Waals surface area contributed by atoms with Crippen molar-refractivity contribution in [2.75, 3.05) is 11.9 Å². The van der Waals surface area contributed by atoms with Gasteiger partial charge in [0.2, 0.25) is 5.91 Å². The maximum atomic E-state index is 11.9. The third kappa shape index (κ3) is 5.58. The largest absolute Gasteiger partial charge is 0.487 e. The van der Waals surface area contributed by atoms with Gasteiger partial charge in [-0.15, -0.1) is 0 Å². The van der Waals surface area contributed by atoms with E-state index in [1.165, 1.54) is 36.5 Å². The highest BCUT2D eigenvalue weighted by Gasteiger charge is 2.15. The highest BCUT2D eigenvalue weighted by Crippen LogP contribution is 2.28. The molecule has 0 fully saturated rings. The van der Waals surface area contributed by atoms with E-state index in [4.69, 9.17) is 16.3 Å². The number of hydrogen-bond donors (Lipinski definition) is 1. The average molecular weight is 362 g/mol. The van der Waals surface area contributed by atoms with Crippen LogP contribution in [-0.4, -0.2) is 22.4 Å². The summed E-state index contributed by atoms with van der Waals surface area (Å²) in [6, 6.07) is 7.61. The van der Waals surface area contributed by atoms with Gasteiger partial charge in [0.15, 0.2) is 5.75 Å². The molecule has 0 aliphatic rings. The van der Waals surface area contributed by atoms with Crippen molar-refractivity contribution in [2.45, 2.75) is 13.3 Å². The smallest absolute Gasteiger partial charge is 0.311 e. The van der Waals surface area contributed by atoms with Crippen LogP contribution in [0.15, 0.2) is 42.6 Å². The van der Waals surface area contributed by atoms with Gasteiger partial charge >= 0.3 is 5.69 Å². The molecule has 1 amide bonds. The Balaban J connectivity index is 2.10. The molecule has 1 aromatic carbocycles. The predicted molar refractivity (Wildman–Crippen MR) is 95.8 cm³/mol. The molecule has 0 saturated carbocycles. The number of rotatable bonds is 7. The molecule has 0 unspecified atom stereocenters. The fourth-order valence-electron chi connectivity index (χ4n) is 1.93. The lowest BCUT2D eigenvalue weighted by Crippen LogP contribution is -2.08. The van der Waals surface area contributed by atoms with Crippen LogP contribution < -0.4 is 10.1 Å². The standard InChI is InChI=1S/C17H16ClN3O4/c1-2-9-25-15-5-3-12(10-14(15)21(23)24)4-6-17(22)20-16-11-13(18)7-8-19-16/h3-8,10-11H,2,9H2,1H3,(H,19,20,22)/b6-4+. The van der Waals surface area contributed by atoms with Crippen LogP contribution in [0.25, 0.3) is 6.08 Å². The quantitative estimate of drug-likeness (QED) is 0.455. The van der Waals surface area contributed by atoms with Gasteiger partial charge in [-0.05, 0) is 36.3 Å². The normalized spacial score (nSPS) is 10.6. The first-order valence-electron chi connectivity index (χ1n) is 7.51. The molecule has 1 N–H and O–H groups in total. The topological polar surface area (TPSA) is 94.4 Å². The van der Waals surface area contributed by atoms with Crippen molar-refractivity contribution in [3.8, 4) is 5.75 Å². The molecule has 0 spiro atoms. The Kier molecular flexibility index (Phi) is 6.47. The van der Waals surface area contributed by atoms with Gasteiger partial charge in [-0.3, -0.25) is 14.9 Å². The first kappa shape index (κ1) is 18.4. The van der Waals surface area contributed by atoms with E-state index in [-0.39, 0.29) is 11.4 Å². The number of carbonyl (C=O) groups is 1. The Morgan fingerprint density at radius 1 is 1.40 bits per heavy atom. The molecular formula is C17H16ClN3O4. The van der Waals surface area contributed by atoms with E-state index < -0.39 is 10.8 Å². The summed E-state index contributed by atoms with van der Waals surface area (Å²) < 4.78 is 5.35. The Hall–Kier alpha value is -2.93. The molecule has 1 heterocycles. The minimum atomic E-state index is -0.516. The summed E-state index contributed by atoms with van der Waals surface area (Å²) in [6.45, 7) is 2.31. The summed E-state index contributed by atoms with van der Waals surface area (Å²) in [5.41, 5.74) is 0.359. The van der Waals surface area contributed by atoms with Gasteiger partial charge in [0.05, 0.1) is 11.5 Å². The molecule has 2 rings (SSSR count). The number of nitro groups is 1. The predicted octanol–water partition coefficient (Wildman–Crippen LogP) is 4.08. The lowest BCUT2D eigenvalue weighted by Gasteiger charge is -2.06. The van der Waals surface area contributed by atoms with Gasteiger partial charge in [-0.2, -0.15) is 0 Å². The molecule has 130 valence electrons. The Bertz CT molecular complexity index is 808. The third-order valence-corrected chi connectivity index (χ3v) is 3.28. The van der Waals surface area contributed by atoms with Gasteiger partial charge in [0.1, 0.15) is 5.82 Å². The second kappa shape index (κ2) is 8.79. The number of ether oxygens (including phenoxy) is 1. The highest BCUT2D eigenvalue weighted by atomic mass is 35.5. The third-order valence-electron chi connectivity index (χ3n) is 3.04. The second-order valence-electron chi connectivity index (χ2n) is 5.01. The molecule has 1 aromatic heterocycles. The molecule has 2 aromatic rings. The van der Waals surface area contributed by atoms with Crippen LogP contribution in [-0.2, 0) is 4.79 Å². The van der Waals surface area contributed by atoms with E-state index in [1.807, 2.05) is 6.92 Å². The van der Waals surface area contributed by atoms with E-state index in [2.05, 4.69) is 10.3 Å². The second-order valence-corrected chi connectivity index (χ2v) is 5.45. The van der Waals surface area contributed by atoms with Crippen molar-refractivity contribution < 1.29 is 14.5 Å². The Labute approximate surface area is 149 Å². The van der Waals surface area contributed by atoms with E-state index in [1.54, 1.807) is 12.1 Å². The number of pyridine rings is 1. The summed E-state index contributed by atoms with van der Waals surface area (Å²) >= 11 is 5.81. The first-order chi connectivity index (χ1) is 12.0. The number of carbonyl (C=O) groups excluding carboxylic acids is 1. The molecule has 8 heteroatoms. The average Bonchev–Trinajstić information content (AvgIpc) is 2.58. The number of halogens is 1. The number of nitrogens with zero attached hydrogens (tertiary/aromatic N) is 2. The summed E-state index contributed by atoms with van der Waals surface area (Å²) in [4.78, 5) is 26.5. The van der Waals surface area contributed by atoms with E-state index in [0.29, 0.717) is 23.0 Å². The van der Waals surface area contributed by atoms with Gasteiger partial charge in [0.25, 0.3) is 0 Å². The summed E-state index contributed by atoms with van der Waals surface area (Å²) in [7, 11) is 0. The molecule has 0 atom stereocenters. The maximum Gasteiger partial charge on any atom is 0.311 e. The molecule has 0 aliphatic heterocycles. The van der Waals surface area contributed by atoms with Crippen LogP contribution in [0.4, 0.5) is 11.5 Å². The lowest BCUT2D eigenvalue weighted by molar-refractivity contribution is -0.385. The number of nitro benzene ring substituents is 1. The number of anilines is 1. The number of aromatic nitrogens is 1. The molecule has 0 aliphatic carbocycles. The van der Waals surface area contributed by atoms with Crippen molar-refractivity contribution in [1.29, 1.82) is 0 Å². The number of benzene rings is 1. The summed E-state index contributed by atoms with van der Waals surface area (Å²) in [5.74, 6) is 0.0942. The molecular weight excluding hydrogens is 346 g/mol. The van der Waals surface area contributed by atoms with Crippen LogP contribution in [0.3, 0.4) is 0 Å². The zero-order chi connectivity index (χ0) is 18.2. The SMILES string of the molecule is CCCOc1ccc(/C=C/C(=O)Nc2cc(Cl)ccn2)cc1[N+](=O)[O-]. The summed E-state index contributed by atoms with van der Waals surface area (Å²) in [5, 5.41) is 14.2. The fraction of sp³-hybridized carbons (Fsp3) is 0.176. The van der Waals surface area contributed by atoms with Gasteiger partial charge in [-0.1, -0.05) is 24.6 Å². The van der Waals surface area contributed by atoms with E-state index in [0.717, 1.165) is 6.42 Å². The monoisotopic (exact) mass is 361 g/mol. The minimum absolute atomic E-state index is 0.146. The number of hydrogen-bond acceptors (Lipinski definition) is 5. The van der Waals surface area contributed by atoms with Crippen molar-refractivity contribution in [2.24, 2.45) is 0 Å². The van der Waals surface area contributed by atoms with Crippen molar-refractivity contribution in [1.82, 2.24) is 4.98 Å². The van der Waals surface area contributed by atoms with E-state index in [9.17, 15) is 14.9 Å². The zero-order valence-electron chi connectivity index (χ0n) is 13.4. The van der Waals surface area contributed by atoms with Crippen molar-refractivity contribution >= 4 is 35.1 Å². The zero-order valence-corrected chi connectivity index (χ0v) is 14.2. The minimum Gasteiger partial charge on any atom is -0.487 e. The van der Waals surface area contributed by atoms with Crippen molar-refractivity contribution in [3.05, 3.63) is 63.3 Å². The van der Waals surface area contributed by atoms with Crippen LogP contribution >= 0.6 is 11.6 Å². The molecule has 7 nitrogen and oxygen atoms in total. The van der Waals surface area contributed by atoms with Gasteiger partial charge in [0, 0.05) is 23.4 Å². The van der Waals surface area contributed by atoms with E-state index >= 15 is 0 Å². The van der Waals surface area contributed by atoms with Gasteiger partial charge < -0.3 is 10.1 Å². The molecule has 0 radical (unpaired) electrons. The van der Waals surface area contributed by atoms with Gasteiger partial charge in [-0.25, -0.2) is 4.98 Å². The molecule has 0 saturated heterocycles. The lowest BCUT2D eigenvalue weighted by atomic mass is 10.1. The van der Waals surface area contributed by atoms with Crippen molar-refractivity contribution in [3.63, 3.8) is 0 Å². The first-order valence-corrected chi connectivity index (χ1v) is 7.89. The Morgan fingerprint density at radius 2 is 2.20 bits per heavy atom. The van der Waals surface area contributed by atoms with Crippen LogP contribution in [0.5, 0.6) is 5.75 Å². The molecule has 0 bridgehead atoms. The fourth-order valence-corrected chi connectivity index (χ4v) is 2.09. The van der Waals surface area contributed by atoms with Crippen LogP contribution in [0, 0.1) is 10.1 Å². The Morgan fingerprint density at radius 3 is 2.88 bits per heavy atom. The highest BCUT2D eigenvalue weighted by molar-refractivity contribution is 6.30. The van der Waals surface area contributed by atoms with Crippen LogP contribution in [0.2, 0.25) is 5.02 Å². The van der Waals surface area contributed by atoms with Crippen LogP contribution in [0.1, 0.15) is 18.9 Å². The summed E-state index contributed by atoms with van der Waals surface area (Å²) in [6.07, 6.45) is 4.95. The molecule has 25 heavy (non-hydrogen) atoms. The maximum absolute atomic E-state index is 11.9. The number of nitrogens with one attached hydrogen (secondary N) is 1.